The third-order valence-corrected chi connectivity index (χ3v) is 2.48. The average molecular weight is 262 g/mol. The molecular formula is C12H17F3N2O. The Hall–Kier alpha value is -1.30. The second-order valence-corrected chi connectivity index (χ2v) is 3.99. The van der Waals surface area contributed by atoms with Crippen molar-refractivity contribution in [1.29, 1.82) is 0 Å². The summed E-state index contributed by atoms with van der Waals surface area (Å²) in [5.41, 5.74) is -0.740. The van der Waals surface area contributed by atoms with Crippen LogP contribution in [-0.2, 0) is 6.18 Å². The topological polar surface area (TPSA) is 45.1 Å². The van der Waals surface area contributed by atoms with Gasteiger partial charge in [-0.15, -0.1) is 0 Å². The number of anilines is 1. The first kappa shape index (κ1) is 14.8. The molecule has 0 unspecified atom stereocenters. The molecule has 0 radical (unpaired) electrons. The van der Waals surface area contributed by atoms with Gasteiger partial charge in [0.1, 0.15) is 5.82 Å². The number of pyridine rings is 1. The predicted molar refractivity (Wildman–Crippen MR) is 63.3 cm³/mol. The van der Waals surface area contributed by atoms with E-state index in [9.17, 15) is 13.2 Å². The quantitative estimate of drug-likeness (QED) is 0.742. The third kappa shape index (κ3) is 5.35. The van der Waals surface area contributed by atoms with Crippen LogP contribution < -0.4 is 5.32 Å². The molecule has 0 saturated carbocycles. The van der Waals surface area contributed by atoms with Gasteiger partial charge in [-0.3, -0.25) is 0 Å². The van der Waals surface area contributed by atoms with E-state index < -0.39 is 11.7 Å². The molecule has 1 rings (SSSR count). The van der Waals surface area contributed by atoms with Gasteiger partial charge in [-0.05, 0) is 25.0 Å². The molecule has 0 aromatic carbocycles. The van der Waals surface area contributed by atoms with Gasteiger partial charge in [0.15, 0.2) is 0 Å². The second kappa shape index (κ2) is 7.20. The van der Waals surface area contributed by atoms with E-state index >= 15 is 0 Å². The van der Waals surface area contributed by atoms with Gasteiger partial charge in [-0.2, -0.15) is 13.2 Å². The fourth-order valence-electron chi connectivity index (χ4n) is 1.47. The maximum absolute atomic E-state index is 12.3. The fourth-order valence-corrected chi connectivity index (χ4v) is 1.47. The summed E-state index contributed by atoms with van der Waals surface area (Å²) in [7, 11) is 0. The molecule has 0 saturated heterocycles. The first-order chi connectivity index (χ1) is 8.54. The van der Waals surface area contributed by atoms with E-state index in [1.54, 1.807) is 0 Å². The molecule has 2 N–H and O–H groups in total. The number of nitrogens with zero attached hydrogens (tertiary/aromatic N) is 1. The first-order valence-electron chi connectivity index (χ1n) is 5.92. The van der Waals surface area contributed by atoms with Crippen molar-refractivity contribution in [2.75, 3.05) is 18.5 Å². The van der Waals surface area contributed by atoms with Gasteiger partial charge in [0.25, 0.3) is 0 Å². The Bertz CT molecular complexity index is 338. The lowest BCUT2D eigenvalue weighted by Gasteiger charge is -2.08. The zero-order valence-corrected chi connectivity index (χ0v) is 10.0. The number of aliphatic hydroxyl groups excluding tert-OH is 1. The lowest BCUT2D eigenvalue weighted by molar-refractivity contribution is -0.137. The molecule has 3 nitrogen and oxygen atoms in total. The van der Waals surface area contributed by atoms with Crippen molar-refractivity contribution in [3.8, 4) is 0 Å². The van der Waals surface area contributed by atoms with E-state index in [0.29, 0.717) is 12.4 Å². The Balaban J connectivity index is 2.27. The SMILES string of the molecule is OCCCCCCNc1ccc(C(F)(F)F)cn1. The molecule has 0 amide bonds. The van der Waals surface area contributed by atoms with Gasteiger partial charge in [0.2, 0.25) is 0 Å². The molecule has 6 heteroatoms. The van der Waals surface area contributed by atoms with E-state index in [4.69, 9.17) is 5.11 Å². The summed E-state index contributed by atoms with van der Waals surface area (Å²) < 4.78 is 36.8. The number of unbranched alkanes of at least 4 members (excludes halogenated alkanes) is 3. The summed E-state index contributed by atoms with van der Waals surface area (Å²) in [6, 6.07) is 2.34. The summed E-state index contributed by atoms with van der Waals surface area (Å²) in [5, 5.41) is 11.5. The number of halogens is 3. The number of nitrogens with one attached hydrogen (secondary N) is 1. The maximum atomic E-state index is 12.3. The van der Waals surface area contributed by atoms with Crippen LogP contribution in [0.25, 0.3) is 0 Å². The molecule has 0 bridgehead atoms. The van der Waals surface area contributed by atoms with Gasteiger partial charge in [-0.25, -0.2) is 4.98 Å². The molecule has 1 aromatic rings. The van der Waals surface area contributed by atoms with Crippen LogP contribution in [0.15, 0.2) is 18.3 Å². The highest BCUT2D eigenvalue weighted by molar-refractivity contribution is 5.35. The van der Waals surface area contributed by atoms with E-state index in [0.717, 1.165) is 37.9 Å². The molecule has 1 heterocycles. The lowest BCUT2D eigenvalue weighted by atomic mass is 10.2. The highest BCUT2D eigenvalue weighted by Crippen LogP contribution is 2.28. The first-order valence-corrected chi connectivity index (χ1v) is 5.92. The van der Waals surface area contributed by atoms with E-state index in [1.165, 1.54) is 6.07 Å². The van der Waals surface area contributed by atoms with Crippen LogP contribution in [0.3, 0.4) is 0 Å². The van der Waals surface area contributed by atoms with E-state index in [1.807, 2.05) is 0 Å². The Labute approximate surface area is 104 Å². The van der Waals surface area contributed by atoms with E-state index in [-0.39, 0.29) is 6.61 Å². The zero-order chi connectivity index (χ0) is 13.4. The average Bonchev–Trinajstić information content (AvgIpc) is 2.33. The van der Waals surface area contributed by atoms with Crippen LogP contribution in [0, 0.1) is 0 Å². The minimum atomic E-state index is -4.34. The van der Waals surface area contributed by atoms with Crippen molar-refractivity contribution >= 4 is 5.82 Å². The third-order valence-electron chi connectivity index (χ3n) is 2.48. The van der Waals surface area contributed by atoms with Crippen LogP contribution in [0.1, 0.15) is 31.2 Å². The van der Waals surface area contributed by atoms with Gasteiger partial charge in [-0.1, -0.05) is 12.8 Å². The molecule has 18 heavy (non-hydrogen) atoms. The molecular weight excluding hydrogens is 245 g/mol. The molecule has 102 valence electrons. The Kier molecular flexibility index (Phi) is 5.91. The summed E-state index contributed by atoms with van der Waals surface area (Å²) >= 11 is 0. The standard InChI is InChI=1S/C12H17F3N2O/c13-12(14,15)10-5-6-11(17-9-10)16-7-3-1-2-4-8-18/h5-6,9,18H,1-4,7-8H2,(H,16,17). The smallest absolute Gasteiger partial charge is 0.396 e. The summed E-state index contributed by atoms with van der Waals surface area (Å²) in [4.78, 5) is 3.71. The van der Waals surface area contributed by atoms with Crippen LogP contribution in [0.5, 0.6) is 0 Å². The van der Waals surface area contributed by atoms with Crippen LogP contribution in [0.2, 0.25) is 0 Å². The Morgan fingerprint density at radius 3 is 2.39 bits per heavy atom. The van der Waals surface area contributed by atoms with Crippen molar-refractivity contribution in [2.24, 2.45) is 0 Å². The highest BCUT2D eigenvalue weighted by Gasteiger charge is 2.30. The highest BCUT2D eigenvalue weighted by atomic mass is 19.4. The van der Waals surface area contributed by atoms with Crippen molar-refractivity contribution in [3.05, 3.63) is 23.9 Å². The number of hydrogen-bond acceptors (Lipinski definition) is 3. The molecule has 0 aliphatic rings. The van der Waals surface area contributed by atoms with Gasteiger partial charge >= 0.3 is 6.18 Å². The maximum Gasteiger partial charge on any atom is 0.417 e. The normalized spacial score (nSPS) is 11.6. The van der Waals surface area contributed by atoms with E-state index in [2.05, 4.69) is 10.3 Å². The molecule has 0 atom stereocenters. The van der Waals surface area contributed by atoms with Crippen LogP contribution in [0.4, 0.5) is 19.0 Å². The monoisotopic (exact) mass is 262 g/mol. The molecule has 1 aromatic heterocycles. The minimum Gasteiger partial charge on any atom is -0.396 e. The van der Waals surface area contributed by atoms with Crippen molar-refractivity contribution < 1.29 is 18.3 Å². The zero-order valence-electron chi connectivity index (χ0n) is 10.0. The predicted octanol–water partition coefficient (Wildman–Crippen LogP) is 3.07. The summed E-state index contributed by atoms with van der Waals surface area (Å²) in [6.45, 7) is 0.873. The number of hydrogen-bond donors (Lipinski definition) is 2. The summed E-state index contributed by atoms with van der Waals surface area (Å²) in [6.07, 6.45) is 0.123. The molecule has 0 aliphatic heterocycles. The van der Waals surface area contributed by atoms with Crippen LogP contribution in [-0.4, -0.2) is 23.2 Å². The van der Waals surface area contributed by atoms with Crippen molar-refractivity contribution in [1.82, 2.24) is 4.98 Å². The number of aliphatic hydroxyl groups is 1. The van der Waals surface area contributed by atoms with Crippen molar-refractivity contribution in [3.63, 3.8) is 0 Å². The summed E-state index contributed by atoms with van der Waals surface area (Å²) in [5.74, 6) is 0.449. The largest absolute Gasteiger partial charge is 0.417 e. The second-order valence-electron chi connectivity index (χ2n) is 3.99. The van der Waals surface area contributed by atoms with Gasteiger partial charge < -0.3 is 10.4 Å². The Morgan fingerprint density at radius 1 is 1.11 bits per heavy atom. The van der Waals surface area contributed by atoms with Gasteiger partial charge in [0.05, 0.1) is 5.56 Å². The number of alkyl halides is 3. The minimum absolute atomic E-state index is 0.202. The Morgan fingerprint density at radius 2 is 1.83 bits per heavy atom. The number of aromatic nitrogens is 1. The fraction of sp³-hybridized carbons (Fsp3) is 0.583. The lowest BCUT2D eigenvalue weighted by Crippen LogP contribution is -2.07. The van der Waals surface area contributed by atoms with Crippen molar-refractivity contribution in [2.45, 2.75) is 31.9 Å². The van der Waals surface area contributed by atoms with Crippen LogP contribution >= 0.6 is 0 Å². The molecule has 0 fully saturated rings. The molecule has 0 aliphatic carbocycles. The van der Waals surface area contributed by atoms with Gasteiger partial charge in [0, 0.05) is 19.3 Å². The number of rotatable bonds is 7. The molecule has 0 spiro atoms.